The highest BCUT2D eigenvalue weighted by molar-refractivity contribution is 5.97. The molecule has 1 aliphatic carbocycles. The molecule has 7 rings (SSSR count). The Balaban J connectivity index is 1.23. The van der Waals surface area contributed by atoms with Crippen LogP contribution >= 0.6 is 0 Å². The average molecular weight is 532 g/mol. The van der Waals surface area contributed by atoms with Crippen LogP contribution in [0.5, 0.6) is 0 Å². The maximum absolute atomic E-state index is 13.9. The van der Waals surface area contributed by atoms with Crippen molar-refractivity contribution in [3.8, 4) is 33.9 Å². The Morgan fingerprint density at radius 1 is 0.875 bits per heavy atom. The van der Waals surface area contributed by atoms with Crippen molar-refractivity contribution in [3.63, 3.8) is 0 Å². The lowest BCUT2D eigenvalue weighted by Gasteiger charge is -2.20. The first-order chi connectivity index (χ1) is 19.6. The van der Waals surface area contributed by atoms with Crippen LogP contribution in [-0.4, -0.2) is 36.0 Å². The maximum Gasteiger partial charge on any atom is 0.227 e. The van der Waals surface area contributed by atoms with Crippen molar-refractivity contribution in [1.29, 1.82) is 0 Å². The van der Waals surface area contributed by atoms with Crippen LogP contribution in [0.1, 0.15) is 32.1 Å². The predicted octanol–water partition coefficient (Wildman–Crippen LogP) is 6.89. The summed E-state index contributed by atoms with van der Waals surface area (Å²) < 4.78 is 13.9. The Labute approximate surface area is 229 Å². The number of hydrogen-bond acceptors (Lipinski definition) is 5. The second-order valence-corrected chi connectivity index (χ2v) is 10.2. The standard InChI is InChI=1S/C31H26FN7O/c32-21-9-4-8-19(14-21)23-10-5-11-25-27(23)37-30(36-25)29-28-26(38-39-29)13-12-24(35-28)20-15-22(17-33-16-20)34-31(40)18-6-2-1-3-7-18/h4-5,8-18H,1-3,6-7H2,(H,34,40)(H,36,37)(H,38,39). The van der Waals surface area contributed by atoms with Crippen LogP contribution in [0.3, 0.4) is 0 Å². The molecular weight excluding hydrogens is 505 g/mol. The van der Waals surface area contributed by atoms with Gasteiger partial charge in [-0.3, -0.25) is 14.9 Å². The Hall–Kier alpha value is -4.92. The first kappa shape index (κ1) is 24.1. The number of carbonyl (C=O) groups is 1. The Bertz CT molecular complexity index is 1870. The number of nitrogens with zero attached hydrogens (tertiary/aromatic N) is 4. The molecule has 1 amide bonds. The molecule has 0 spiro atoms. The molecule has 40 heavy (non-hydrogen) atoms. The van der Waals surface area contributed by atoms with E-state index >= 15 is 0 Å². The van der Waals surface area contributed by atoms with E-state index in [1.54, 1.807) is 18.5 Å². The van der Waals surface area contributed by atoms with Crippen molar-refractivity contribution in [3.05, 3.63) is 78.9 Å². The highest BCUT2D eigenvalue weighted by atomic mass is 19.1. The van der Waals surface area contributed by atoms with Gasteiger partial charge in [-0.1, -0.05) is 43.5 Å². The normalized spacial score (nSPS) is 14.1. The quantitative estimate of drug-likeness (QED) is 0.224. The number of anilines is 1. The van der Waals surface area contributed by atoms with Crippen LogP contribution in [0.2, 0.25) is 0 Å². The smallest absolute Gasteiger partial charge is 0.227 e. The third kappa shape index (κ3) is 4.49. The second kappa shape index (κ2) is 10.00. The summed E-state index contributed by atoms with van der Waals surface area (Å²) in [5, 5.41) is 10.6. The maximum atomic E-state index is 13.9. The lowest BCUT2D eigenvalue weighted by molar-refractivity contribution is -0.120. The van der Waals surface area contributed by atoms with E-state index in [0.717, 1.165) is 58.9 Å². The van der Waals surface area contributed by atoms with Gasteiger partial charge in [-0.2, -0.15) is 5.10 Å². The highest BCUT2D eigenvalue weighted by Gasteiger charge is 2.21. The fourth-order valence-corrected chi connectivity index (χ4v) is 5.52. The number of imidazole rings is 1. The topological polar surface area (TPSA) is 112 Å². The van der Waals surface area contributed by atoms with Crippen molar-refractivity contribution < 1.29 is 9.18 Å². The zero-order valence-electron chi connectivity index (χ0n) is 21.6. The third-order valence-electron chi connectivity index (χ3n) is 7.56. The van der Waals surface area contributed by atoms with E-state index in [4.69, 9.17) is 9.97 Å². The van der Waals surface area contributed by atoms with Gasteiger partial charge in [0.15, 0.2) is 11.5 Å². The molecule has 3 N–H and O–H groups in total. The van der Waals surface area contributed by atoms with E-state index in [-0.39, 0.29) is 17.6 Å². The molecule has 9 heteroatoms. The van der Waals surface area contributed by atoms with Crippen molar-refractivity contribution in [2.75, 3.05) is 5.32 Å². The number of rotatable bonds is 5. The molecule has 0 aliphatic heterocycles. The van der Waals surface area contributed by atoms with Crippen LogP contribution in [0.4, 0.5) is 10.1 Å². The number of nitrogens with one attached hydrogen (secondary N) is 3. The summed E-state index contributed by atoms with van der Waals surface area (Å²) in [5.74, 6) is 0.376. The number of halogens is 1. The van der Waals surface area contributed by atoms with Gasteiger partial charge in [0.05, 0.1) is 34.1 Å². The van der Waals surface area contributed by atoms with Gasteiger partial charge >= 0.3 is 0 Å². The van der Waals surface area contributed by atoms with E-state index in [0.29, 0.717) is 28.4 Å². The Morgan fingerprint density at radius 2 is 1.75 bits per heavy atom. The van der Waals surface area contributed by atoms with Crippen molar-refractivity contribution in [1.82, 2.24) is 30.1 Å². The molecule has 0 radical (unpaired) electrons. The molecule has 0 bridgehead atoms. The summed E-state index contributed by atoms with van der Waals surface area (Å²) in [5.41, 5.74) is 7.25. The van der Waals surface area contributed by atoms with Gasteiger partial charge in [0, 0.05) is 23.2 Å². The summed E-state index contributed by atoms with van der Waals surface area (Å²) in [6, 6.07) is 18.0. The predicted molar refractivity (Wildman–Crippen MR) is 153 cm³/mol. The molecule has 2 aromatic carbocycles. The van der Waals surface area contributed by atoms with E-state index in [2.05, 4.69) is 25.5 Å². The van der Waals surface area contributed by atoms with Crippen LogP contribution in [0, 0.1) is 11.7 Å². The summed E-state index contributed by atoms with van der Waals surface area (Å²) in [6.45, 7) is 0. The van der Waals surface area contributed by atoms with Crippen LogP contribution in [-0.2, 0) is 4.79 Å². The number of amides is 1. The summed E-state index contributed by atoms with van der Waals surface area (Å²) in [6.07, 6.45) is 8.67. The zero-order chi connectivity index (χ0) is 27.1. The number of carbonyl (C=O) groups excluding carboxylic acids is 1. The first-order valence-corrected chi connectivity index (χ1v) is 13.5. The highest BCUT2D eigenvalue weighted by Crippen LogP contribution is 2.32. The fraction of sp³-hybridized carbons (Fsp3) is 0.194. The molecule has 0 saturated heterocycles. The average Bonchev–Trinajstić information content (AvgIpc) is 3.61. The minimum atomic E-state index is -0.299. The largest absolute Gasteiger partial charge is 0.336 e. The minimum absolute atomic E-state index is 0.0571. The Kier molecular flexibility index (Phi) is 6.03. The summed E-state index contributed by atoms with van der Waals surface area (Å²) in [4.78, 5) is 30.2. The number of aromatic nitrogens is 6. The first-order valence-electron chi connectivity index (χ1n) is 13.5. The summed E-state index contributed by atoms with van der Waals surface area (Å²) >= 11 is 0. The van der Waals surface area contributed by atoms with E-state index < -0.39 is 0 Å². The zero-order valence-corrected chi connectivity index (χ0v) is 21.6. The molecule has 1 aliphatic rings. The van der Waals surface area contributed by atoms with Gasteiger partial charge in [0.2, 0.25) is 5.91 Å². The van der Waals surface area contributed by atoms with E-state index in [1.165, 1.54) is 18.6 Å². The number of pyridine rings is 2. The molecule has 4 aromatic heterocycles. The number of H-pyrrole nitrogens is 2. The van der Waals surface area contributed by atoms with Crippen LogP contribution in [0.25, 0.3) is 56.0 Å². The molecule has 198 valence electrons. The van der Waals surface area contributed by atoms with Crippen molar-refractivity contribution in [2.24, 2.45) is 5.92 Å². The Morgan fingerprint density at radius 3 is 2.62 bits per heavy atom. The van der Waals surface area contributed by atoms with Gasteiger partial charge in [-0.05, 0) is 54.8 Å². The van der Waals surface area contributed by atoms with Gasteiger partial charge in [0.1, 0.15) is 11.3 Å². The molecule has 0 unspecified atom stereocenters. The third-order valence-corrected chi connectivity index (χ3v) is 7.56. The number of benzene rings is 2. The molecular formula is C31H26FN7O. The molecule has 6 aromatic rings. The lowest BCUT2D eigenvalue weighted by Crippen LogP contribution is -2.24. The number of fused-ring (bicyclic) bond motifs is 2. The SMILES string of the molecule is O=C(Nc1cncc(-c2ccc3[nH]nc(-c4nc5c(-c6cccc(F)c6)cccc5[nH]4)c3n2)c1)C1CCCCC1. The fourth-order valence-electron chi connectivity index (χ4n) is 5.52. The van der Waals surface area contributed by atoms with Gasteiger partial charge in [-0.25, -0.2) is 14.4 Å². The van der Waals surface area contributed by atoms with Crippen LogP contribution < -0.4 is 5.32 Å². The lowest BCUT2D eigenvalue weighted by atomic mass is 9.88. The van der Waals surface area contributed by atoms with E-state index in [9.17, 15) is 9.18 Å². The van der Waals surface area contributed by atoms with E-state index in [1.807, 2.05) is 42.5 Å². The summed E-state index contributed by atoms with van der Waals surface area (Å²) in [7, 11) is 0. The van der Waals surface area contributed by atoms with Crippen LogP contribution in [0.15, 0.2) is 73.1 Å². The monoisotopic (exact) mass is 531 g/mol. The van der Waals surface area contributed by atoms with Gasteiger partial charge in [0.25, 0.3) is 0 Å². The van der Waals surface area contributed by atoms with Crippen molar-refractivity contribution >= 4 is 33.7 Å². The molecule has 1 saturated carbocycles. The number of para-hydroxylation sites is 1. The minimum Gasteiger partial charge on any atom is -0.336 e. The number of aromatic amines is 2. The van der Waals surface area contributed by atoms with Gasteiger partial charge < -0.3 is 10.3 Å². The second-order valence-electron chi connectivity index (χ2n) is 10.2. The van der Waals surface area contributed by atoms with Crippen molar-refractivity contribution in [2.45, 2.75) is 32.1 Å². The molecule has 0 atom stereocenters. The molecule has 8 nitrogen and oxygen atoms in total. The number of hydrogen-bond donors (Lipinski definition) is 3. The molecule has 4 heterocycles. The van der Waals surface area contributed by atoms with Gasteiger partial charge in [-0.15, -0.1) is 0 Å². The molecule has 1 fully saturated rings.